The van der Waals surface area contributed by atoms with Gasteiger partial charge in [-0.15, -0.1) is 12.4 Å². The number of benzene rings is 1. The number of rotatable bonds is 4. The van der Waals surface area contributed by atoms with Crippen LogP contribution in [-0.2, 0) is 4.79 Å². The summed E-state index contributed by atoms with van der Waals surface area (Å²) in [4.78, 5) is 14.4. The van der Waals surface area contributed by atoms with E-state index in [4.69, 9.17) is 0 Å². The number of nitrogens with one attached hydrogen (secondary N) is 2. The van der Waals surface area contributed by atoms with Gasteiger partial charge < -0.3 is 10.6 Å². The van der Waals surface area contributed by atoms with Gasteiger partial charge >= 0.3 is 0 Å². The predicted molar refractivity (Wildman–Crippen MR) is 101 cm³/mol. The van der Waals surface area contributed by atoms with Gasteiger partial charge in [-0.3, -0.25) is 9.69 Å². The maximum Gasteiger partial charge on any atom is 0.238 e. The second kappa shape index (κ2) is 7.95. The van der Waals surface area contributed by atoms with Crippen molar-refractivity contribution in [3.8, 4) is 0 Å². The zero-order valence-electron chi connectivity index (χ0n) is 12.7. The molecule has 6 heteroatoms. The smallest absolute Gasteiger partial charge is 0.238 e. The molecule has 1 amide bonds. The second-order valence-corrected chi connectivity index (χ2v) is 7.48. The third kappa shape index (κ3) is 4.57. The Hall–Kier alpha value is -0.370. The maximum absolute atomic E-state index is 12.2. The van der Waals surface area contributed by atoms with Gasteiger partial charge in [-0.05, 0) is 73.5 Å². The van der Waals surface area contributed by atoms with Crippen LogP contribution in [0.5, 0.6) is 0 Å². The number of carbonyl (C=O) groups is 1. The SMILES string of the molecule is CN(CC(=O)Nc1cccc(I)c1)C1CC2CCC(C1)N2.Cl. The lowest BCUT2D eigenvalue weighted by atomic mass is 9.98. The number of fused-ring (bicyclic) bond motifs is 2. The predicted octanol–water partition coefficient (Wildman–Crippen LogP) is 2.87. The molecule has 2 heterocycles. The fraction of sp³-hybridized carbons (Fsp3) is 0.562. The van der Waals surface area contributed by atoms with Gasteiger partial charge in [-0.1, -0.05) is 6.07 Å². The van der Waals surface area contributed by atoms with Gasteiger partial charge in [0.1, 0.15) is 0 Å². The first-order valence-corrected chi connectivity index (χ1v) is 8.70. The number of likely N-dealkylation sites (N-methyl/N-ethyl adjacent to an activating group) is 1. The average Bonchev–Trinajstić information content (AvgIpc) is 2.77. The highest BCUT2D eigenvalue weighted by Crippen LogP contribution is 2.29. The summed E-state index contributed by atoms with van der Waals surface area (Å²) in [6, 6.07) is 9.77. The van der Waals surface area contributed by atoms with Gasteiger partial charge in [0.05, 0.1) is 6.54 Å². The summed E-state index contributed by atoms with van der Waals surface area (Å²) in [7, 11) is 2.07. The molecule has 0 spiro atoms. The molecule has 122 valence electrons. The normalized spacial score (nSPS) is 26.6. The second-order valence-electron chi connectivity index (χ2n) is 6.24. The molecule has 22 heavy (non-hydrogen) atoms. The van der Waals surface area contributed by atoms with Crippen molar-refractivity contribution < 1.29 is 4.79 Å². The molecular formula is C16H23ClIN3O. The molecule has 0 saturated carbocycles. The average molecular weight is 436 g/mol. The Balaban J connectivity index is 0.00000176. The van der Waals surface area contributed by atoms with Crippen LogP contribution < -0.4 is 10.6 Å². The number of carbonyl (C=O) groups excluding carboxylic acids is 1. The molecule has 1 aromatic carbocycles. The molecule has 0 radical (unpaired) electrons. The van der Waals surface area contributed by atoms with Gasteiger partial charge in [0.25, 0.3) is 0 Å². The minimum Gasteiger partial charge on any atom is -0.325 e. The lowest BCUT2D eigenvalue weighted by Crippen LogP contribution is -2.48. The van der Waals surface area contributed by atoms with E-state index in [2.05, 4.69) is 45.2 Å². The molecule has 2 N–H and O–H groups in total. The number of nitrogens with zero attached hydrogens (tertiary/aromatic N) is 1. The number of hydrogen-bond acceptors (Lipinski definition) is 3. The van der Waals surface area contributed by atoms with Crippen LogP contribution >= 0.6 is 35.0 Å². The minimum absolute atomic E-state index is 0. The first kappa shape index (κ1) is 18.0. The van der Waals surface area contributed by atoms with E-state index < -0.39 is 0 Å². The van der Waals surface area contributed by atoms with E-state index in [1.807, 2.05) is 24.3 Å². The summed E-state index contributed by atoms with van der Waals surface area (Å²) >= 11 is 2.26. The molecule has 1 aromatic rings. The molecule has 2 atom stereocenters. The van der Waals surface area contributed by atoms with Gasteiger partial charge in [-0.25, -0.2) is 0 Å². The zero-order chi connectivity index (χ0) is 14.8. The van der Waals surface area contributed by atoms with Gasteiger partial charge in [0, 0.05) is 27.4 Å². The Morgan fingerprint density at radius 3 is 2.68 bits per heavy atom. The van der Waals surface area contributed by atoms with Crippen molar-refractivity contribution in [2.75, 3.05) is 18.9 Å². The summed E-state index contributed by atoms with van der Waals surface area (Å²) in [6.45, 7) is 0.468. The van der Waals surface area contributed by atoms with Gasteiger partial charge in [0.2, 0.25) is 5.91 Å². The number of hydrogen-bond donors (Lipinski definition) is 2. The van der Waals surface area contributed by atoms with Crippen LogP contribution in [0, 0.1) is 3.57 Å². The monoisotopic (exact) mass is 435 g/mol. The molecule has 2 fully saturated rings. The van der Waals surface area contributed by atoms with Crippen molar-refractivity contribution in [1.82, 2.24) is 10.2 Å². The minimum atomic E-state index is 0. The van der Waals surface area contributed by atoms with E-state index in [1.54, 1.807) is 0 Å². The Morgan fingerprint density at radius 2 is 2.05 bits per heavy atom. The molecule has 3 rings (SSSR count). The van der Waals surface area contributed by atoms with Gasteiger partial charge in [-0.2, -0.15) is 0 Å². The van der Waals surface area contributed by atoms with Crippen molar-refractivity contribution in [3.63, 3.8) is 0 Å². The van der Waals surface area contributed by atoms with E-state index in [0.717, 1.165) is 9.26 Å². The Morgan fingerprint density at radius 1 is 1.36 bits per heavy atom. The summed E-state index contributed by atoms with van der Waals surface area (Å²) < 4.78 is 1.13. The fourth-order valence-corrected chi connectivity index (χ4v) is 4.05. The molecular weight excluding hydrogens is 413 g/mol. The van der Waals surface area contributed by atoms with Crippen LogP contribution in [0.15, 0.2) is 24.3 Å². The molecule has 2 unspecified atom stereocenters. The first-order chi connectivity index (χ1) is 10.1. The molecule has 2 aliphatic rings. The quantitative estimate of drug-likeness (QED) is 0.715. The van der Waals surface area contributed by atoms with Crippen LogP contribution in [0.1, 0.15) is 25.7 Å². The molecule has 2 aliphatic heterocycles. The molecule has 0 aromatic heterocycles. The number of anilines is 1. The highest BCUT2D eigenvalue weighted by molar-refractivity contribution is 14.1. The Kier molecular flexibility index (Phi) is 6.49. The summed E-state index contributed by atoms with van der Waals surface area (Å²) in [6.07, 6.45) is 4.93. The van der Waals surface area contributed by atoms with E-state index in [9.17, 15) is 4.79 Å². The van der Waals surface area contributed by atoms with E-state index in [1.165, 1.54) is 25.7 Å². The number of piperidine rings is 1. The maximum atomic E-state index is 12.2. The topological polar surface area (TPSA) is 44.4 Å². The number of halogens is 2. The Labute approximate surface area is 152 Å². The Bertz CT molecular complexity index is 516. The van der Waals surface area contributed by atoms with Crippen molar-refractivity contribution in [2.24, 2.45) is 0 Å². The summed E-state index contributed by atoms with van der Waals surface area (Å²) in [5.41, 5.74) is 0.880. The van der Waals surface area contributed by atoms with Crippen LogP contribution in [0.4, 0.5) is 5.69 Å². The van der Waals surface area contributed by atoms with Crippen LogP contribution in [0.3, 0.4) is 0 Å². The fourth-order valence-electron chi connectivity index (χ4n) is 3.51. The van der Waals surface area contributed by atoms with Crippen molar-refractivity contribution in [2.45, 2.75) is 43.8 Å². The molecule has 2 bridgehead atoms. The van der Waals surface area contributed by atoms with Crippen molar-refractivity contribution in [1.29, 1.82) is 0 Å². The highest BCUT2D eigenvalue weighted by atomic mass is 127. The zero-order valence-corrected chi connectivity index (χ0v) is 15.7. The third-order valence-corrected chi connectivity index (χ3v) is 5.24. The summed E-state index contributed by atoms with van der Waals surface area (Å²) in [5.74, 6) is 0.0744. The summed E-state index contributed by atoms with van der Waals surface area (Å²) in [5, 5.41) is 6.64. The van der Waals surface area contributed by atoms with E-state index >= 15 is 0 Å². The molecule has 0 aliphatic carbocycles. The molecule has 4 nitrogen and oxygen atoms in total. The lowest BCUT2D eigenvalue weighted by Gasteiger charge is -2.35. The van der Waals surface area contributed by atoms with Gasteiger partial charge in [0.15, 0.2) is 0 Å². The van der Waals surface area contributed by atoms with Crippen LogP contribution in [0.2, 0.25) is 0 Å². The lowest BCUT2D eigenvalue weighted by molar-refractivity contribution is -0.117. The van der Waals surface area contributed by atoms with E-state index in [0.29, 0.717) is 24.7 Å². The largest absolute Gasteiger partial charge is 0.325 e. The van der Waals surface area contributed by atoms with Crippen molar-refractivity contribution >= 4 is 46.6 Å². The van der Waals surface area contributed by atoms with Crippen LogP contribution in [-0.4, -0.2) is 42.5 Å². The third-order valence-electron chi connectivity index (χ3n) is 4.57. The highest BCUT2D eigenvalue weighted by Gasteiger charge is 2.35. The van der Waals surface area contributed by atoms with E-state index in [-0.39, 0.29) is 18.3 Å². The molecule has 2 saturated heterocycles. The van der Waals surface area contributed by atoms with Crippen LogP contribution in [0.25, 0.3) is 0 Å². The standard InChI is InChI=1S/C16H22IN3O.ClH/c1-20(15-8-13-5-6-14(9-15)18-13)10-16(21)19-12-4-2-3-11(17)7-12;/h2-4,7,13-15,18H,5-6,8-10H2,1H3,(H,19,21);1H. The first-order valence-electron chi connectivity index (χ1n) is 7.62. The number of amides is 1. The van der Waals surface area contributed by atoms with Crippen molar-refractivity contribution in [3.05, 3.63) is 27.8 Å².